The molecule has 158 valence electrons. The van der Waals surface area contributed by atoms with Gasteiger partial charge < -0.3 is 31.1 Å². The predicted octanol–water partition coefficient (Wildman–Crippen LogP) is -0.516. The van der Waals surface area contributed by atoms with Crippen molar-refractivity contribution in [3.63, 3.8) is 0 Å². The van der Waals surface area contributed by atoms with Crippen LogP contribution in [0.1, 0.15) is 19.3 Å². The number of hydrogen-bond donors (Lipinski definition) is 3. The number of nitrogen functional groups attached to an aromatic ring is 1. The Bertz CT molecular complexity index is 927. The molecular formula is C15H19F3N8O3. The summed E-state index contributed by atoms with van der Waals surface area (Å²) >= 11 is 0. The number of rotatable bonds is 7. The maximum atomic E-state index is 10.5. The van der Waals surface area contributed by atoms with Crippen molar-refractivity contribution in [3.05, 3.63) is 18.4 Å². The zero-order chi connectivity index (χ0) is 21.4. The largest absolute Gasteiger partial charge is 0.542 e. The first-order valence-electron chi connectivity index (χ1n) is 8.48. The van der Waals surface area contributed by atoms with Crippen LogP contribution in [-0.4, -0.2) is 49.8 Å². The third kappa shape index (κ3) is 6.31. The van der Waals surface area contributed by atoms with E-state index in [-0.39, 0.29) is 5.95 Å². The normalized spacial score (nSPS) is 11.2. The van der Waals surface area contributed by atoms with Crippen LogP contribution in [0.5, 0.6) is 0 Å². The summed E-state index contributed by atoms with van der Waals surface area (Å²) in [4.78, 5) is 21.6. The number of hydrogen-bond acceptors (Lipinski definition) is 9. The molecule has 0 fully saturated rings. The molecule has 14 heteroatoms. The molecule has 29 heavy (non-hydrogen) atoms. The summed E-state index contributed by atoms with van der Waals surface area (Å²) < 4.78 is 38.2. The number of alkyl halides is 3. The third-order valence-corrected chi connectivity index (χ3v) is 3.42. The van der Waals surface area contributed by atoms with Gasteiger partial charge in [-0.1, -0.05) is 0 Å². The summed E-state index contributed by atoms with van der Waals surface area (Å²) in [5, 5.41) is 16.2. The van der Waals surface area contributed by atoms with Gasteiger partial charge in [0.2, 0.25) is 17.7 Å². The standard InChI is InChI=1S/C13H18N8O.C2HF3O2/c14-6-2-1-3-7-16-12-18-11(15)21-13(19-12)17-10(20-21)9-5-4-8-22-9;3-2(4,5)1(6)7/h4-5,8H,1-3,6-7,14H2,(H3,15,16,17,18,19,20);(H,6,7). The van der Waals surface area contributed by atoms with Gasteiger partial charge in [0.15, 0.2) is 5.76 Å². The molecule has 0 saturated carbocycles. The van der Waals surface area contributed by atoms with Crippen molar-refractivity contribution >= 4 is 23.6 Å². The van der Waals surface area contributed by atoms with E-state index in [1.54, 1.807) is 18.4 Å². The number of nitrogens with one attached hydrogen (secondary N) is 1. The molecule has 3 rings (SSSR count). The Morgan fingerprint density at radius 3 is 2.59 bits per heavy atom. The molecule has 3 aromatic heterocycles. The number of carbonyl (C=O) groups excluding carboxylic acids is 1. The topological polar surface area (TPSA) is 175 Å². The van der Waals surface area contributed by atoms with Gasteiger partial charge in [-0.25, -0.2) is 0 Å². The number of carbonyl (C=O) groups is 1. The fourth-order valence-corrected chi connectivity index (χ4v) is 2.07. The van der Waals surface area contributed by atoms with E-state index in [9.17, 15) is 13.2 Å². The Balaban J connectivity index is 0.000000370. The maximum absolute atomic E-state index is 10.5. The number of quaternary nitrogens is 1. The van der Waals surface area contributed by atoms with Crippen LogP contribution in [0.4, 0.5) is 25.1 Å². The second kappa shape index (κ2) is 9.68. The number of halogens is 3. The van der Waals surface area contributed by atoms with Crippen LogP contribution in [0.15, 0.2) is 22.8 Å². The van der Waals surface area contributed by atoms with Crippen LogP contribution < -0.4 is 21.9 Å². The Hall–Kier alpha value is -3.42. The number of nitrogens with zero attached hydrogens (tertiary/aromatic N) is 5. The molecule has 0 bridgehead atoms. The summed E-state index contributed by atoms with van der Waals surface area (Å²) in [5.41, 5.74) is 9.73. The minimum Gasteiger partial charge on any atom is -0.542 e. The van der Waals surface area contributed by atoms with Crippen molar-refractivity contribution in [2.45, 2.75) is 25.4 Å². The summed E-state index contributed by atoms with van der Waals surface area (Å²) in [7, 11) is 0. The Morgan fingerprint density at radius 1 is 1.28 bits per heavy atom. The first-order chi connectivity index (χ1) is 13.7. The van der Waals surface area contributed by atoms with Gasteiger partial charge >= 0.3 is 6.18 Å². The minimum absolute atomic E-state index is 0.232. The van der Waals surface area contributed by atoms with Crippen LogP contribution >= 0.6 is 0 Å². The van der Waals surface area contributed by atoms with Crippen molar-refractivity contribution < 1.29 is 33.2 Å². The van der Waals surface area contributed by atoms with E-state index in [1.807, 2.05) is 0 Å². The third-order valence-electron chi connectivity index (χ3n) is 3.42. The van der Waals surface area contributed by atoms with Crippen LogP contribution in [-0.2, 0) is 4.79 Å². The van der Waals surface area contributed by atoms with Crippen molar-refractivity contribution in [2.75, 3.05) is 24.1 Å². The van der Waals surface area contributed by atoms with Crippen LogP contribution in [0.3, 0.4) is 0 Å². The number of carboxylic acids is 1. The van der Waals surface area contributed by atoms with Gasteiger partial charge in [-0.05, 0) is 31.4 Å². The van der Waals surface area contributed by atoms with Gasteiger partial charge in [0.1, 0.15) is 5.97 Å². The molecule has 3 aromatic rings. The molecule has 0 unspecified atom stereocenters. The van der Waals surface area contributed by atoms with E-state index >= 15 is 0 Å². The molecule has 0 aliphatic heterocycles. The summed E-state index contributed by atoms with van der Waals surface area (Å²) in [6.45, 7) is 1.75. The zero-order valence-electron chi connectivity index (χ0n) is 15.1. The lowest BCUT2D eigenvalue weighted by molar-refractivity contribution is -0.368. The van der Waals surface area contributed by atoms with Gasteiger partial charge in [0.05, 0.1) is 12.8 Å². The van der Waals surface area contributed by atoms with Gasteiger partial charge in [-0.3, -0.25) is 0 Å². The number of anilines is 2. The quantitative estimate of drug-likeness (QED) is 0.428. The monoisotopic (exact) mass is 416 g/mol. The molecule has 11 nitrogen and oxygen atoms in total. The first-order valence-corrected chi connectivity index (χ1v) is 8.48. The predicted molar refractivity (Wildman–Crippen MR) is 91.8 cm³/mol. The number of carboxylic acid groups (broad SMARTS) is 1. The molecule has 0 atom stereocenters. The van der Waals surface area contributed by atoms with Gasteiger partial charge in [-0.15, -0.1) is 5.10 Å². The molecule has 3 heterocycles. The molecule has 0 aromatic carbocycles. The van der Waals surface area contributed by atoms with Crippen molar-refractivity contribution in [3.8, 4) is 11.6 Å². The van der Waals surface area contributed by atoms with Crippen LogP contribution in [0.2, 0.25) is 0 Å². The highest BCUT2D eigenvalue weighted by molar-refractivity contribution is 5.70. The maximum Gasteiger partial charge on any atom is 0.430 e. The first kappa shape index (κ1) is 21.9. The van der Waals surface area contributed by atoms with E-state index in [2.05, 4.69) is 31.1 Å². The lowest BCUT2D eigenvalue weighted by Gasteiger charge is -2.05. The Morgan fingerprint density at radius 2 is 2.00 bits per heavy atom. The van der Waals surface area contributed by atoms with Crippen LogP contribution in [0, 0.1) is 0 Å². The van der Waals surface area contributed by atoms with Crippen LogP contribution in [0.25, 0.3) is 17.4 Å². The fraction of sp³-hybridized carbons (Fsp3) is 0.400. The smallest absolute Gasteiger partial charge is 0.430 e. The summed E-state index contributed by atoms with van der Waals surface area (Å²) in [6.07, 6.45) is -0.342. The highest BCUT2D eigenvalue weighted by atomic mass is 19.4. The lowest BCUT2D eigenvalue weighted by atomic mass is 10.2. The zero-order valence-corrected chi connectivity index (χ0v) is 15.1. The van der Waals surface area contributed by atoms with Crippen molar-refractivity contribution in [2.24, 2.45) is 0 Å². The minimum atomic E-state index is -5.19. The van der Waals surface area contributed by atoms with E-state index < -0.39 is 12.1 Å². The van der Waals surface area contributed by atoms with E-state index in [1.165, 1.54) is 4.52 Å². The fourth-order valence-electron chi connectivity index (χ4n) is 2.07. The van der Waals surface area contributed by atoms with Gasteiger partial charge in [-0.2, -0.15) is 32.6 Å². The molecule has 0 radical (unpaired) electrons. The average molecular weight is 416 g/mol. The van der Waals surface area contributed by atoms with E-state index in [0.29, 0.717) is 23.3 Å². The van der Waals surface area contributed by atoms with Gasteiger partial charge in [0.25, 0.3) is 5.78 Å². The average Bonchev–Trinajstić information content (AvgIpc) is 3.31. The Kier molecular flexibility index (Phi) is 7.30. The molecule has 0 aliphatic rings. The lowest BCUT2D eigenvalue weighted by Crippen LogP contribution is -2.50. The summed E-state index contributed by atoms with van der Waals surface area (Å²) in [6, 6.07) is 3.55. The highest BCUT2D eigenvalue weighted by Gasteiger charge is 2.28. The Labute approximate surface area is 161 Å². The number of aromatic nitrogens is 5. The molecule has 0 saturated heterocycles. The van der Waals surface area contributed by atoms with E-state index in [0.717, 1.165) is 32.4 Å². The second-order valence-electron chi connectivity index (χ2n) is 5.66. The van der Waals surface area contributed by atoms with Crippen molar-refractivity contribution in [1.29, 1.82) is 0 Å². The number of unbranched alkanes of at least 4 members (excludes halogenated alkanes) is 2. The molecular weight excluding hydrogens is 397 g/mol. The number of furan rings is 1. The van der Waals surface area contributed by atoms with E-state index in [4.69, 9.17) is 20.1 Å². The SMILES string of the molecule is Nc1nc(NCCCCC[NH3+])nc2nc(-c3ccco3)nn12.O=C([O-])C(F)(F)F. The van der Waals surface area contributed by atoms with Gasteiger partial charge in [0, 0.05) is 6.54 Å². The summed E-state index contributed by atoms with van der Waals surface area (Å²) in [5.74, 6) is -0.938. The number of fused-ring (bicyclic) bond motifs is 1. The molecule has 0 amide bonds. The molecule has 6 N–H and O–H groups in total. The molecule has 0 spiro atoms. The van der Waals surface area contributed by atoms with Crippen molar-refractivity contribution in [1.82, 2.24) is 24.6 Å². The number of aliphatic carboxylic acids is 1. The highest BCUT2D eigenvalue weighted by Crippen LogP contribution is 2.17. The molecule has 0 aliphatic carbocycles. The number of nitrogens with two attached hydrogens (primary N) is 1. The second-order valence-corrected chi connectivity index (χ2v) is 5.66.